The quantitative estimate of drug-likeness (QED) is 0.260. The van der Waals surface area contributed by atoms with Crippen molar-refractivity contribution in [2.45, 2.75) is 32.2 Å². The zero-order valence-electron chi connectivity index (χ0n) is 16.5. The highest BCUT2D eigenvalue weighted by Crippen LogP contribution is 2.25. The summed E-state index contributed by atoms with van der Waals surface area (Å²) in [5.74, 6) is 0.649. The Balaban J connectivity index is 0.00000392. The van der Waals surface area contributed by atoms with Gasteiger partial charge in [0.2, 0.25) is 10.0 Å². The number of hydrogen-bond donors (Lipinski definition) is 3. The molecule has 1 aromatic rings. The number of nitrogens with one attached hydrogen (secondary N) is 3. The molecule has 0 aromatic heterocycles. The molecule has 160 valence electrons. The Kier molecular flexibility index (Phi) is 10.5. The normalized spacial score (nSPS) is 15.9. The summed E-state index contributed by atoms with van der Waals surface area (Å²) in [6, 6.07) is 4.52. The highest BCUT2D eigenvalue weighted by atomic mass is 127. The Morgan fingerprint density at radius 1 is 1.39 bits per heavy atom. The fraction of sp³-hybridized carbons (Fsp3) is 0.611. The highest BCUT2D eigenvalue weighted by molar-refractivity contribution is 14.0. The molecule has 0 heterocycles. The molecule has 3 N–H and O–H groups in total. The van der Waals surface area contributed by atoms with E-state index < -0.39 is 15.8 Å². The SMILES string of the molecule is CN=C(NCCS(=O)(=O)NCC1CCC1)NC(C)c1ccc(OC)c(F)c1.I. The van der Waals surface area contributed by atoms with Gasteiger partial charge in [-0.3, -0.25) is 4.99 Å². The second-order valence-electron chi connectivity index (χ2n) is 6.72. The number of rotatable bonds is 9. The number of methoxy groups -OCH3 is 1. The number of ether oxygens (including phenoxy) is 1. The zero-order chi connectivity index (χ0) is 19.9. The van der Waals surface area contributed by atoms with Crippen LogP contribution in [0.1, 0.15) is 37.8 Å². The van der Waals surface area contributed by atoms with E-state index in [-0.39, 0.29) is 48.1 Å². The number of guanidine groups is 1. The lowest BCUT2D eigenvalue weighted by atomic mass is 9.86. The Bertz CT molecular complexity index is 757. The first-order valence-corrected chi connectivity index (χ1v) is 10.8. The van der Waals surface area contributed by atoms with Crippen molar-refractivity contribution in [2.24, 2.45) is 10.9 Å². The lowest BCUT2D eigenvalue weighted by Crippen LogP contribution is -2.42. The van der Waals surface area contributed by atoms with E-state index in [0.29, 0.717) is 18.4 Å². The first-order chi connectivity index (χ1) is 12.8. The maximum atomic E-state index is 13.9. The summed E-state index contributed by atoms with van der Waals surface area (Å²) in [5, 5.41) is 6.10. The molecule has 1 atom stereocenters. The molecule has 0 spiro atoms. The van der Waals surface area contributed by atoms with Crippen molar-refractivity contribution in [1.29, 1.82) is 0 Å². The Morgan fingerprint density at radius 3 is 2.64 bits per heavy atom. The van der Waals surface area contributed by atoms with E-state index in [4.69, 9.17) is 4.74 Å². The molecule has 1 aromatic carbocycles. The van der Waals surface area contributed by atoms with E-state index in [9.17, 15) is 12.8 Å². The summed E-state index contributed by atoms with van der Waals surface area (Å²) >= 11 is 0. The zero-order valence-corrected chi connectivity index (χ0v) is 19.6. The van der Waals surface area contributed by atoms with Crippen LogP contribution in [0.4, 0.5) is 4.39 Å². The number of sulfonamides is 1. The molecule has 7 nitrogen and oxygen atoms in total. The predicted molar refractivity (Wildman–Crippen MR) is 120 cm³/mol. The number of aliphatic imine (C=N–C) groups is 1. The van der Waals surface area contributed by atoms with Gasteiger partial charge in [0.05, 0.1) is 18.9 Å². The van der Waals surface area contributed by atoms with E-state index in [1.807, 2.05) is 6.92 Å². The maximum Gasteiger partial charge on any atom is 0.213 e. The van der Waals surface area contributed by atoms with Gasteiger partial charge in [-0.2, -0.15) is 0 Å². The summed E-state index contributed by atoms with van der Waals surface area (Å²) in [7, 11) is -0.295. The van der Waals surface area contributed by atoms with E-state index >= 15 is 0 Å². The molecular formula is C18H30FIN4O3S. The van der Waals surface area contributed by atoms with Gasteiger partial charge in [-0.1, -0.05) is 12.5 Å². The molecule has 1 unspecified atom stereocenters. The van der Waals surface area contributed by atoms with Gasteiger partial charge >= 0.3 is 0 Å². The van der Waals surface area contributed by atoms with Crippen LogP contribution in [0.15, 0.2) is 23.2 Å². The van der Waals surface area contributed by atoms with Gasteiger partial charge in [0.1, 0.15) is 0 Å². The smallest absolute Gasteiger partial charge is 0.213 e. The third kappa shape index (κ3) is 7.70. The van der Waals surface area contributed by atoms with Crippen LogP contribution in [-0.4, -0.2) is 47.4 Å². The molecule has 1 aliphatic carbocycles. The molecule has 2 rings (SSSR count). The van der Waals surface area contributed by atoms with Gasteiger partial charge in [-0.15, -0.1) is 24.0 Å². The summed E-state index contributed by atoms with van der Waals surface area (Å²) in [4.78, 5) is 4.09. The number of nitrogens with zero attached hydrogens (tertiary/aromatic N) is 1. The van der Waals surface area contributed by atoms with Gasteiger partial charge in [-0.25, -0.2) is 17.5 Å². The van der Waals surface area contributed by atoms with Crippen molar-refractivity contribution in [2.75, 3.05) is 33.0 Å². The standard InChI is InChI=1S/C18H29FN4O3S.HI/c1-13(15-7-8-17(26-3)16(19)11-15)23-18(20-2)21-9-10-27(24,25)22-12-14-5-4-6-14;/h7-8,11,13-14,22H,4-6,9-10,12H2,1-3H3,(H2,20,21,23);1H. The molecular weight excluding hydrogens is 498 g/mol. The van der Waals surface area contributed by atoms with Crippen LogP contribution in [0, 0.1) is 11.7 Å². The Morgan fingerprint density at radius 2 is 2.11 bits per heavy atom. The van der Waals surface area contributed by atoms with Crippen LogP contribution in [-0.2, 0) is 10.0 Å². The number of halogens is 2. The van der Waals surface area contributed by atoms with Gasteiger partial charge < -0.3 is 15.4 Å². The van der Waals surface area contributed by atoms with Crippen molar-refractivity contribution in [3.63, 3.8) is 0 Å². The first-order valence-electron chi connectivity index (χ1n) is 9.12. The molecule has 0 amide bonds. The lowest BCUT2D eigenvalue weighted by molar-refractivity contribution is 0.316. The molecule has 1 fully saturated rings. The van der Waals surface area contributed by atoms with Crippen molar-refractivity contribution in [3.8, 4) is 5.75 Å². The van der Waals surface area contributed by atoms with Gasteiger partial charge in [0.25, 0.3) is 0 Å². The van der Waals surface area contributed by atoms with Crippen molar-refractivity contribution in [1.82, 2.24) is 15.4 Å². The fourth-order valence-electron chi connectivity index (χ4n) is 2.75. The molecule has 0 aliphatic heterocycles. The van der Waals surface area contributed by atoms with E-state index in [1.54, 1.807) is 19.2 Å². The molecule has 0 bridgehead atoms. The monoisotopic (exact) mass is 528 g/mol. The topological polar surface area (TPSA) is 91.8 Å². The third-order valence-electron chi connectivity index (χ3n) is 4.73. The lowest BCUT2D eigenvalue weighted by Gasteiger charge is -2.25. The minimum Gasteiger partial charge on any atom is -0.494 e. The van der Waals surface area contributed by atoms with E-state index in [1.165, 1.54) is 19.6 Å². The summed E-state index contributed by atoms with van der Waals surface area (Å²) in [6.45, 7) is 2.61. The van der Waals surface area contributed by atoms with Crippen LogP contribution < -0.4 is 20.1 Å². The number of hydrogen-bond acceptors (Lipinski definition) is 4. The van der Waals surface area contributed by atoms with Crippen LogP contribution in [0.3, 0.4) is 0 Å². The van der Waals surface area contributed by atoms with Gasteiger partial charge in [-0.05, 0) is 43.4 Å². The summed E-state index contributed by atoms with van der Waals surface area (Å²) < 4.78 is 45.5. The van der Waals surface area contributed by atoms with Crippen LogP contribution in [0.2, 0.25) is 0 Å². The highest BCUT2D eigenvalue weighted by Gasteiger charge is 2.20. The largest absolute Gasteiger partial charge is 0.494 e. The minimum atomic E-state index is -3.31. The molecule has 1 aliphatic rings. The summed E-state index contributed by atoms with van der Waals surface area (Å²) in [5.41, 5.74) is 0.728. The van der Waals surface area contributed by atoms with Crippen molar-refractivity contribution < 1.29 is 17.5 Å². The summed E-state index contributed by atoms with van der Waals surface area (Å²) in [6.07, 6.45) is 3.38. The molecule has 0 radical (unpaired) electrons. The van der Waals surface area contributed by atoms with Crippen LogP contribution >= 0.6 is 24.0 Å². The minimum absolute atomic E-state index is 0. The Labute approximate surface area is 184 Å². The van der Waals surface area contributed by atoms with Crippen molar-refractivity contribution in [3.05, 3.63) is 29.6 Å². The van der Waals surface area contributed by atoms with E-state index in [0.717, 1.165) is 18.4 Å². The predicted octanol–water partition coefficient (Wildman–Crippen LogP) is 2.40. The van der Waals surface area contributed by atoms with Crippen LogP contribution in [0.5, 0.6) is 5.75 Å². The van der Waals surface area contributed by atoms with Gasteiger partial charge in [0, 0.05) is 20.1 Å². The number of benzene rings is 1. The van der Waals surface area contributed by atoms with E-state index in [2.05, 4.69) is 20.3 Å². The molecule has 1 saturated carbocycles. The molecule has 10 heteroatoms. The van der Waals surface area contributed by atoms with Crippen LogP contribution in [0.25, 0.3) is 0 Å². The first kappa shape index (κ1) is 24.9. The second kappa shape index (κ2) is 11.8. The third-order valence-corrected chi connectivity index (χ3v) is 6.08. The second-order valence-corrected chi connectivity index (χ2v) is 8.65. The van der Waals surface area contributed by atoms with Gasteiger partial charge in [0.15, 0.2) is 17.5 Å². The maximum absolute atomic E-state index is 13.9. The average molecular weight is 528 g/mol. The Hall–Kier alpha value is -1.14. The average Bonchev–Trinajstić information content (AvgIpc) is 2.59. The fourth-order valence-corrected chi connectivity index (χ4v) is 3.76. The molecule has 0 saturated heterocycles. The molecule has 28 heavy (non-hydrogen) atoms. The van der Waals surface area contributed by atoms with Crippen molar-refractivity contribution >= 4 is 40.0 Å².